The summed E-state index contributed by atoms with van der Waals surface area (Å²) in [5.41, 5.74) is -0.441. The zero-order valence-corrected chi connectivity index (χ0v) is 13.3. The predicted octanol–water partition coefficient (Wildman–Crippen LogP) is 3.57. The monoisotopic (exact) mass is 357 g/mol. The second-order valence-corrected chi connectivity index (χ2v) is 6.19. The van der Waals surface area contributed by atoms with E-state index >= 15 is 0 Å². The fraction of sp³-hybridized carbons (Fsp3) is 0.375. The van der Waals surface area contributed by atoms with E-state index in [9.17, 15) is 18.0 Å². The van der Waals surface area contributed by atoms with Gasteiger partial charge in [0.25, 0.3) is 0 Å². The Kier molecular flexibility index (Phi) is 4.54. The fourth-order valence-electron chi connectivity index (χ4n) is 2.40. The summed E-state index contributed by atoms with van der Waals surface area (Å²) in [6, 6.07) is 3.78. The number of nitrogens with zero attached hydrogens (tertiary/aromatic N) is 2. The lowest BCUT2D eigenvalue weighted by atomic mass is 10.1. The molecule has 1 aliphatic carbocycles. The summed E-state index contributed by atoms with van der Waals surface area (Å²) in [4.78, 5) is 17.7. The zero-order chi connectivity index (χ0) is 17.3. The number of nitrogens with one attached hydrogen (secondary N) is 1. The summed E-state index contributed by atoms with van der Waals surface area (Å²) in [6.45, 7) is 0.170. The van der Waals surface area contributed by atoms with Crippen molar-refractivity contribution in [3.8, 4) is 0 Å². The first kappa shape index (κ1) is 16.8. The first-order valence-corrected chi connectivity index (χ1v) is 7.84. The highest BCUT2D eigenvalue weighted by Crippen LogP contribution is 2.35. The highest BCUT2D eigenvalue weighted by Gasteiger charge is 2.34. The van der Waals surface area contributed by atoms with Crippen LogP contribution in [0.5, 0.6) is 0 Å². The number of carbonyl (C=O) groups is 1. The maximum absolute atomic E-state index is 13.0. The summed E-state index contributed by atoms with van der Waals surface area (Å²) < 4.78 is 38.9. The van der Waals surface area contributed by atoms with Crippen LogP contribution in [0.1, 0.15) is 24.0 Å². The highest BCUT2D eigenvalue weighted by atomic mass is 35.5. The Balaban J connectivity index is 1.74. The first-order chi connectivity index (χ1) is 11.3. The van der Waals surface area contributed by atoms with Crippen LogP contribution in [0, 0.1) is 5.92 Å². The van der Waals surface area contributed by atoms with Gasteiger partial charge in [-0.2, -0.15) is 13.2 Å². The van der Waals surface area contributed by atoms with Gasteiger partial charge in [-0.25, -0.2) is 4.99 Å². The van der Waals surface area contributed by atoms with Crippen molar-refractivity contribution in [1.29, 1.82) is 0 Å². The molecule has 3 rings (SSSR count). The van der Waals surface area contributed by atoms with Crippen molar-refractivity contribution < 1.29 is 18.0 Å². The van der Waals surface area contributed by atoms with Gasteiger partial charge in [-0.1, -0.05) is 17.7 Å². The minimum atomic E-state index is -4.51. The van der Waals surface area contributed by atoms with Gasteiger partial charge in [-0.05, 0) is 36.6 Å². The number of hydrogen-bond acceptors (Lipinski definition) is 3. The van der Waals surface area contributed by atoms with Crippen LogP contribution in [0.2, 0.25) is 5.02 Å². The van der Waals surface area contributed by atoms with Crippen LogP contribution in [0.15, 0.2) is 35.5 Å². The van der Waals surface area contributed by atoms with Crippen LogP contribution in [0.25, 0.3) is 0 Å². The van der Waals surface area contributed by atoms with Crippen LogP contribution >= 0.6 is 11.6 Å². The van der Waals surface area contributed by atoms with E-state index in [-0.39, 0.29) is 23.4 Å². The smallest absolute Gasteiger partial charge is 0.335 e. The van der Waals surface area contributed by atoms with Gasteiger partial charge in [0.15, 0.2) is 6.29 Å². The molecule has 1 atom stereocenters. The molecule has 1 unspecified atom stereocenters. The van der Waals surface area contributed by atoms with E-state index in [1.807, 2.05) is 0 Å². The van der Waals surface area contributed by atoms with Crippen LogP contribution in [-0.2, 0) is 17.5 Å². The third-order valence-electron chi connectivity index (χ3n) is 3.83. The molecule has 2 aliphatic rings. The lowest BCUT2D eigenvalue weighted by molar-refractivity contribution is -0.137. The van der Waals surface area contributed by atoms with Gasteiger partial charge in [0.2, 0.25) is 5.91 Å². The topological polar surface area (TPSA) is 44.7 Å². The maximum Gasteiger partial charge on any atom is 0.417 e. The number of benzene rings is 1. The summed E-state index contributed by atoms with van der Waals surface area (Å²) in [6.07, 6.45) is 1.51. The van der Waals surface area contributed by atoms with Gasteiger partial charge in [0.1, 0.15) is 0 Å². The molecular weight excluding hydrogens is 343 g/mol. The minimum Gasteiger partial charge on any atom is -0.335 e. The molecule has 1 heterocycles. The van der Waals surface area contributed by atoms with Crippen molar-refractivity contribution in [2.24, 2.45) is 10.9 Å². The molecule has 8 heteroatoms. The van der Waals surface area contributed by atoms with Crippen LogP contribution in [0.4, 0.5) is 13.2 Å². The Labute approximate surface area is 142 Å². The standard InChI is InChI=1S/C16H15ClF3N3O/c17-13-5-2-10(8-12(13)16(18,19)20)9-23-7-1-6-21-15(23)22-14(24)11-3-4-11/h1-2,5-8,11,15H,3-4,9H2,(H,22,24). The number of halogens is 4. The van der Waals surface area contributed by atoms with Crippen molar-refractivity contribution in [3.63, 3.8) is 0 Å². The number of aliphatic imine (C=N–C) groups is 1. The predicted molar refractivity (Wildman–Crippen MR) is 84.3 cm³/mol. The molecule has 0 aromatic heterocycles. The van der Waals surface area contributed by atoms with E-state index in [4.69, 9.17) is 11.6 Å². The quantitative estimate of drug-likeness (QED) is 0.895. The average molecular weight is 358 g/mol. The summed E-state index contributed by atoms with van der Waals surface area (Å²) >= 11 is 5.63. The highest BCUT2D eigenvalue weighted by molar-refractivity contribution is 6.31. The Bertz CT molecular complexity index is 698. The molecule has 24 heavy (non-hydrogen) atoms. The van der Waals surface area contributed by atoms with Gasteiger partial charge >= 0.3 is 6.18 Å². The van der Waals surface area contributed by atoms with Crippen molar-refractivity contribution in [2.45, 2.75) is 31.9 Å². The number of alkyl halides is 3. The van der Waals surface area contributed by atoms with Crippen LogP contribution in [-0.4, -0.2) is 23.3 Å². The van der Waals surface area contributed by atoms with Crippen molar-refractivity contribution >= 4 is 23.7 Å². The lowest BCUT2D eigenvalue weighted by Crippen LogP contribution is -2.45. The maximum atomic E-state index is 13.0. The number of hydrogen-bond donors (Lipinski definition) is 1. The number of rotatable bonds is 4. The van der Waals surface area contributed by atoms with Crippen LogP contribution in [0.3, 0.4) is 0 Å². The van der Waals surface area contributed by atoms with E-state index < -0.39 is 18.0 Å². The zero-order valence-electron chi connectivity index (χ0n) is 12.6. The first-order valence-electron chi connectivity index (χ1n) is 7.46. The summed E-state index contributed by atoms with van der Waals surface area (Å²) in [5, 5.41) is 2.46. The molecule has 0 radical (unpaired) electrons. The van der Waals surface area contributed by atoms with Gasteiger partial charge < -0.3 is 10.2 Å². The molecule has 1 aromatic carbocycles. The molecule has 0 saturated heterocycles. The third kappa shape index (κ3) is 3.90. The van der Waals surface area contributed by atoms with E-state index in [0.717, 1.165) is 18.9 Å². The molecule has 1 saturated carbocycles. The Morgan fingerprint density at radius 2 is 2.12 bits per heavy atom. The molecule has 0 spiro atoms. The second kappa shape index (κ2) is 6.47. The Morgan fingerprint density at radius 3 is 2.79 bits per heavy atom. The van der Waals surface area contributed by atoms with Gasteiger partial charge in [-0.3, -0.25) is 4.79 Å². The Hall–Kier alpha value is -2.02. The summed E-state index contributed by atoms with van der Waals surface area (Å²) in [5.74, 6) is -0.0511. The van der Waals surface area contributed by atoms with E-state index in [0.29, 0.717) is 5.56 Å². The Morgan fingerprint density at radius 1 is 1.38 bits per heavy atom. The molecule has 4 nitrogen and oxygen atoms in total. The van der Waals surface area contributed by atoms with Gasteiger partial charge in [0, 0.05) is 24.9 Å². The van der Waals surface area contributed by atoms with E-state index in [1.165, 1.54) is 12.1 Å². The fourth-order valence-corrected chi connectivity index (χ4v) is 2.62. The minimum absolute atomic E-state index is 0.0281. The molecule has 1 amide bonds. The van der Waals surface area contributed by atoms with Gasteiger partial charge in [-0.15, -0.1) is 0 Å². The SMILES string of the molecule is O=C(NC1N=CC=CN1Cc1ccc(Cl)c(C(F)(F)F)c1)C1CC1. The molecule has 1 fully saturated rings. The number of carbonyl (C=O) groups excluding carboxylic acids is 1. The molecule has 1 aliphatic heterocycles. The number of amides is 1. The molecule has 1 aromatic rings. The van der Waals surface area contributed by atoms with Crippen molar-refractivity contribution in [3.05, 3.63) is 46.6 Å². The van der Waals surface area contributed by atoms with Crippen molar-refractivity contribution in [2.75, 3.05) is 0 Å². The molecular formula is C16H15ClF3N3O. The van der Waals surface area contributed by atoms with Gasteiger partial charge in [0.05, 0.1) is 10.6 Å². The summed E-state index contributed by atoms with van der Waals surface area (Å²) in [7, 11) is 0. The van der Waals surface area contributed by atoms with E-state index in [1.54, 1.807) is 23.4 Å². The second-order valence-electron chi connectivity index (χ2n) is 5.78. The lowest BCUT2D eigenvalue weighted by Gasteiger charge is -2.30. The van der Waals surface area contributed by atoms with Crippen molar-refractivity contribution in [1.82, 2.24) is 10.2 Å². The van der Waals surface area contributed by atoms with Crippen LogP contribution < -0.4 is 5.32 Å². The average Bonchev–Trinajstić information content (AvgIpc) is 3.35. The number of allylic oxidation sites excluding steroid dienone is 1. The van der Waals surface area contributed by atoms with E-state index in [2.05, 4.69) is 10.3 Å². The molecule has 0 bridgehead atoms. The molecule has 128 valence electrons. The molecule has 1 N–H and O–H groups in total. The third-order valence-corrected chi connectivity index (χ3v) is 4.16. The largest absolute Gasteiger partial charge is 0.417 e. The normalized spacial score (nSPS) is 20.3.